The topological polar surface area (TPSA) is 60.9 Å². The number of aromatic nitrogens is 2. The van der Waals surface area contributed by atoms with Crippen molar-refractivity contribution in [1.82, 2.24) is 15.3 Å². The number of halogens is 1. The highest BCUT2D eigenvalue weighted by atomic mass is 35.5. The van der Waals surface area contributed by atoms with Gasteiger partial charge in [0.2, 0.25) is 0 Å². The Bertz CT molecular complexity index is 427. The summed E-state index contributed by atoms with van der Waals surface area (Å²) in [6.07, 6.45) is 9.24. The molecule has 21 heavy (non-hydrogen) atoms. The monoisotopic (exact) mass is 313 g/mol. The highest BCUT2D eigenvalue weighted by Gasteiger charge is 2.30. The van der Waals surface area contributed by atoms with Crippen LogP contribution in [-0.4, -0.2) is 28.2 Å². The molecule has 0 aromatic carbocycles. The van der Waals surface area contributed by atoms with Gasteiger partial charge < -0.3 is 15.4 Å². The van der Waals surface area contributed by atoms with E-state index < -0.39 is 0 Å². The first-order valence-corrected chi connectivity index (χ1v) is 8.62. The predicted molar refractivity (Wildman–Crippen MR) is 86.5 cm³/mol. The molecule has 1 saturated carbocycles. The summed E-state index contributed by atoms with van der Waals surface area (Å²) < 4.78 is 0. The molecular weight excluding hydrogens is 286 g/mol. The van der Waals surface area contributed by atoms with Crippen molar-refractivity contribution in [2.75, 3.05) is 13.2 Å². The second-order valence-electron chi connectivity index (χ2n) is 6.38. The highest BCUT2D eigenvalue weighted by Crippen LogP contribution is 2.35. The molecule has 0 spiro atoms. The van der Waals surface area contributed by atoms with E-state index >= 15 is 0 Å². The van der Waals surface area contributed by atoms with Gasteiger partial charge in [0.15, 0.2) is 5.15 Å². The van der Waals surface area contributed by atoms with E-state index in [1.54, 1.807) is 0 Å². The fourth-order valence-electron chi connectivity index (χ4n) is 3.16. The Morgan fingerprint density at radius 1 is 1.33 bits per heavy atom. The molecule has 1 fully saturated rings. The number of imidazole rings is 1. The lowest BCUT2D eigenvalue weighted by Crippen LogP contribution is -2.38. The molecule has 0 aliphatic heterocycles. The van der Waals surface area contributed by atoms with Gasteiger partial charge in [-0.15, -0.1) is 0 Å². The summed E-state index contributed by atoms with van der Waals surface area (Å²) in [7, 11) is 0. The molecule has 1 aliphatic carbocycles. The quantitative estimate of drug-likeness (QED) is 0.689. The van der Waals surface area contributed by atoms with Crippen LogP contribution in [0.2, 0.25) is 5.15 Å². The fraction of sp³-hybridized carbons (Fsp3) is 0.812. The average molecular weight is 314 g/mol. The Morgan fingerprint density at radius 2 is 2.10 bits per heavy atom. The molecule has 0 amide bonds. The van der Waals surface area contributed by atoms with Gasteiger partial charge in [-0.05, 0) is 19.3 Å². The first-order chi connectivity index (χ1) is 10.2. The number of hydrogen-bond donors (Lipinski definition) is 3. The molecule has 120 valence electrons. The SMILES string of the molecule is CCCCc1nc(Cl)c(CNCC2(CO)CCCCC2)[nH]1. The van der Waals surface area contributed by atoms with Crippen LogP contribution < -0.4 is 5.32 Å². The molecule has 0 atom stereocenters. The minimum Gasteiger partial charge on any atom is -0.396 e. The van der Waals surface area contributed by atoms with Gasteiger partial charge >= 0.3 is 0 Å². The number of nitrogens with one attached hydrogen (secondary N) is 2. The molecule has 0 saturated heterocycles. The van der Waals surface area contributed by atoms with Crippen LogP contribution in [-0.2, 0) is 13.0 Å². The summed E-state index contributed by atoms with van der Waals surface area (Å²) in [5.41, 5.74) is 1.03. The van der Waals surface area contributed by atoms with E-state index in [0.717, 1.165) is 50.2 Å². The van der Waals surface area contributed by atoms with Gasteiger partial charge in [-0.1, -0.05) is 44.2 Å². The molecule has 1 aromatic heterocycles. The van der Waals surface area contributed by atoms with Gasteiger partial charge in [-0.25, -0.2) is 4.98 Å². The maximum atomic E-state index is 9.71. The number of H-pyrrole nitrogens is 1. The summed E-state index contributed by atoms with van der Waals surface area (Å²) in [5, 5.41) is 13.7. The first kappa shape index (κ1) is 16.8. The van der Waals surface area contributed by atoms with E-state index in [1.807, 2.05) is 0 Å². The van der Waals surface area contributed by atoms with Gasteiger partial charge in [0.05, 0.1) is 5.69 Å². The van der Waals surface area contributed by atoms with E-state index in [4.69, 9.17) is 11.6 Å². The van der Waals surface area contributed by atoms with Gasteiger partial charge in [0.25, 0.3) is 0 Å². The molecule has 0 unspecified atom stereocenters. The Morgan fingerprint density at radius 3 is 2.76 bits per heavy atom. The Hall–Kier alpha value is -0.580. The van der Waals surface area contributed by atoms with Crippen LogP contribution in [0.5, 0.6) is 0 Å². The summed E-state index contributed by atoms with van der Waals surface area (Å²) in [5.74, 6) is 0.980. The van der Waals surface area contributed by atoms with Crippen LogP contribution in [0.25, 0.3) is 0 Å². The number of aliphatic hydroxyl groups excluding tert-OH is 1. The third kappa shape index (κ3) is 4.70. The summed E-state index contributed by atoms with van der Waals surface area (Å²) in [6.45, 7) is 3.99. The number of aliphatic hydroxyl groups is 1. The average Bonchev–Trinajstić information content (AvgIpc) is 2.86. The number of rotatable bonds is 8. The number of unbranched alkanes of at least 4 members (excludes halogenated alkanes) is 1. The minimum absolute atomic E-state index is 0.0653. The number of aryl methyl sites for hydroxylation is 1. The van der Waals surface area contributed by atoms with Crippen molar-refractivity contribution in [3.8, 4) is 0 Å². The largest absolute Gasteiger partial charge is 0.396 e. The molecule has 0 bridgehead atoms. The van der Waals surface area contributed by atoms with E-state index in [0.29, 0.717) is 11.7 Å². The maximum Gasteiger partial charge on any atom is 0.151 e. The number of nitrogens with zero attached hydrogens (tertiary/aromatic N) is 1. The molecule has 2 rings (SSSR count). The number of hydrogen-bond acceptors (Lipinski definition) is 3. The lowest BCUT2D eigenvalue weighted by molar-refractivity contribution is 0.0810. The van der Waals surface area contributed by atoms with Crippen molar-refractivity contribution < 1.29 is 5.11 Å². The lowest BCUT2D eigenvalue weighted by Gasteiger charge is -2.35. The van der Waals surface area contributed by atoms with Crippen molar-refractivity contribution in [3.05, 3.63) is 16.7 Å². The van der Waals surface area contributed by atoms with Crippen molar-refractivity contribution in [2.24, 2.45) is 5.41 Å². The smallest absolute Gasteiger partial charge is 0.151 e. The molecule has 0 radical (unpaired) electrons. The van der Waals surface area contributed by atoms with Gasteiger partial charge in [-0.2, -0.15) is 0 Å². The standard InChI is InChI=1S/C16H28ClN3O/c1-2-3-7-14-19-13(15(17)20-14)10-18-11-16(12-21)8-5-4-6-9-16/h18,21H,2-12H2,1H3,(H,19,20). The van der Waals surface area contributed by atoms with Crippen molar-refractivity contribution in [2.45, 2.75) is 64.8 Å². The first-order valence-electron chi connectivity index (χ1n) is 8.24. The molecule has 1 aliphatic rings. The zero-order valence-corrected chi connectivity index (χ0v) is 13.8. The second kappa shape index (κ2) is 8.16. The minimum atomic E-state index is 0.0653. The van der Waals surface area contributed by atoms with Crippen molar-refractivity contribution in [1.29, 1.82) is 0 Å². The van der Waals surface area contributed by atoms with Gasteiger partial charge in [0.1, 0.15) is 5.82 Å². The maximum absolute atomic E-state index is 9.71. The van der Waals surface area contributed by atoms with Crippen LogP contribution in [0.3, 0.4) is 0 Å². The van der Waals surface area contributed by atoms with Crippen LogP contribution in [0.4, 0.5) is 0 Å². The third-order valence-corrected chi connectivity index (χ3v) is 4.91. The Kier molecular flexibility index (Phi) is 6.52. The fourth-order valence-corrected chi connectivity index (χ4v) is 3.38. The number of aromatic amines is 1. The molecule has 3 N–H and O–H groups in total. The molecule has 4 nitrogen and oxygen atoms in total. The third-order valence-electron chi connectivity index (χ3n) is 4.60. The van der Waals surface area contributed by atoms with E-state index in [1.165, 1.54) is 19.3 Å². The second-order valence-corrected chi connectivity index (χ2v) is 6.74. The van der Waals surface area contributed by atoms with Crippen molar-refractivity contribution >= 4 is 11.6 Å². The molecular formula is C16H28ClN3O. The Balaban J connectivity index is 1.83. The van der Waals surface area contributed by atoms with E-state index in [2.05, 4.69) is 22.2 Å². The van der Waals surface area contributed by atoms with Gasteiger partial charge in [0, 0.05) is 31.5 Å². The summed E-state index contributed by atoms with van der Waals surface area (Å²) in [4.78, 5) is 7.69. The molecule has 1 aromatic rings. The molecule has 5 heteroatoms. The summed E-state index contributed by atoms with van der Waals surface area (Å²) in [6, 6.07) is 0. The van der Waals surface area contributed by atoms with E-state index in [9.17, 15) is 5.11 Å². The predicted octanol–water partition coefficient (Wildman–Crippen LogP) is 3.44. The van der Waals surface area contributed by atoms with Crippen LogP contribution in [0.15, 0.2) is 0 Å². The van der Waals surface area contributed by atoms with Crippen molar-refractivity contribution in [3.63, 3.8) is 0 Å². The summed E-state index contributed by atoms with van der Waals surface area (Å²) >= 11 is 6.18. The van der Waals surface area contributed by atoms with Crippen LogP contribution in [0, 0.1) is 5.41 Å². The van der Waals surface area contributed by atoms with Gasteiger partial charge in [-0.3, -0.25) is 0 Å². The zero-order valence-electron chi connectivity index (χ0n) is 13.1. The lowest BCUT2D eigenvalue weighted by atomic mass is 9.74. The normalized spacial score (nSPS) is 18.0. The Labute approximate surface area is 132 Å². The van der Waals surface area contributed by atoms with Crippen LogP contribution >= 0.6 is 11.6 Å². The van der Waals surface area contributed by atoms with E-state index in [-0.39, 0.29) is 12.0 Å². The van der Waals surface area contributed by atoms with Crippen LogP contribution in [0.1, 0.15) is 63.4 Å². The zero-order chi connectivity index (χ0) is 15.1. The highest BCUT2D eigenvalue weighted by molar-refractivity contribution is 6.30. The molecule has 1 heterocycles.